The van der Waals surface area contributed by atoms with Gasteiger partial charge in [0, 0.05) is 5.41 Å². The largest absolute Gasteiger partial charge is 0.447 e. The second-order valence-corrected chi connectivity index (χ2v) is 5.84. The van der Waals surface area contributed by atoms with Gasteiger partial charge < -0.3 is 4.42 Å². The van der Waals surface area contributed by atoms with Gasteiger partial charge in [-0.3, -0.25) is 0 Å². The fraction of sp³-hybridized carbons (Fsp3) is 0.800. The summed E-state index contributed by atoms with van der Waals surface area (Å²) in [5.74, 6) is 0.817. The van der Waals surface area contributed by atoms with Crippen LogP contribution in [0.4, 0.5) is 0 Å². The van der Waals surface area contributed by atoms with E-state index in [0.29, 0.717) is 5.15 Å². The molecule has 0 aliphatic heterocycles. The van der Waals surface area contributed by atoms with Crippen LogP contribution < -0.4 is 0 Å². The molecule has 1 atom stereocenters. The van der Waals surface area contributed by atoms with E-state index >= 15 is 0 Å². The molecular weight excluding hydrogens is 246 g/mol. The Morgan fingerprint density at radius 3 is 2.33 bits per heavy atom. The number of nitrogens with zero attached hydrogens (tertiary/aromatic N) is 1. The molecule has 0 fully saturated rings. The summed E-state index contributed by atoms with van der Waals surface area (Å²) in [6.45, 7) is 6.72. The van der Waals surface area contributed by atoms with E-state index in [1.54, 1.807) is 6.26 Å². The van der Waals surface area contributed by atoms with Crippen LogP contribution in [-0.4, -0.2) is 4.98 Å². The van der Waals surface area contributed by atoms with E-state index in [9.17, 15) is 0 Å². The summed E-state index contributed by atoms with van der Waals surface area (Å²) in [5, 5.41) is 0.473. The molecule has 0 radical (unpaired) electrons. The second-order valence-electron chi connectivity index (χ2n) is 5.45. The van der Waals surface area contributed by atoms with Gasteiger partial charge in [-0.15, -0.1) is 0 Å². The van der Waals surface area contributed by atoms with Crippen molar-refractivity contribution in [3.8, 4) is 0 Å². The molecule has 0 aliphatic carbocycles. The Bertz CT molecular complexity index is 337. The standard InChI is InChI=1S/C15H26ClNO/c1-4-6-8-9-11-15(3,10-7-5-2)14-17-13(16)12-18-14/h12H,4-11H2,1-3H3. The van der Waals surface area contributed by atoms with Gasteiger partial charge >= 0.3 is 0 Å². The molecule has 0 saturated carbocycles. The van der Waals surface area contributed by atoms with Gasteiger partial charge in [0.25, 0.3) is 0 Å². The molecule has 0 spiro atoms. The van der Waals surface area contributed by atoms with Gasteiger partial charge in [-0.25, -0.2) is 4.98 Å². The van der Waals surface area contributed by atoms with E-state index in [1.807, 2.05) is 0 Å². The van der Waals surface area contributed by atoms with Crippen LogP contribution in [0, 0.1) is 0 Å². The van der Waals surface area contributed by atoms with Crippen molar-refractivity contribution in [2.24, 2.45) is 0 Å². The molecule has 1 rings (SSSR count). The van der Waals surface area contributed by atoms with Gasteiger partial charge in [-0.1, -0.05) is 70.9 Å². The van der Waals surface area contributed by atoms with E-state index in [0.717, 1.165) is 18.7 Å². The van der Waals surface area contributed by atoms with E-state index in [2.05, 4.69) is 25.8 Å². The van der Waals surface area contributed by atoms with E-state index in [4.69, 9.17) is 16.0 Å². The first-order valence-electron chi connectivity index (χ1n) is 7.24. The number of unbranched alkanes of at least 4 members (excludes halogenated alkanes) is 4. The molecule has 1 unspecified atom stereocenters. The first-order chi connectivity index (χ1) is 8.62. The van der Waals surface area contributed by atoms with Crippen LogP contribution >= 0.6 is 11.6 Å². The van der Waals surface area contributed by atoms with Gasteiger partial charge in [0.15, 0.2) is 5.15 Å². The number of hydrogen-bond donors (Lipinski definition) is 0. The normalized spacial score (nSPS) is 14.7. The molecular formula is C15H26ClNO. The lowest BCUT2D eigenvalue weighted by molar-refractivity contribution is 0.289. The average molecular weight is 272 g/mol. The molecule has 1 heterocycles. The first kappa shape index (κ1) is 15.6. The summed E-state index contributed by atoms with van der Waals surface area (Å²) < 4.78 is 5.54. The summed E-state index contributed by atoms with van der Waals surface area (Å²) in [4.78, 5) is 4.33. The van der Waals surface area contributed by atoms with Crippen LogP contribution in [-0.2, 0) is 5.41 Å². The maximum absolute atomic E-state index is 5.88. The number of halogens is 1. The lowest BCUT2D eigenvalue weighted by Crippen LogP contribution is -2.22. The third-order valence-corrected chi connectivity index (χ3v) is 3.83. The highest BCUT2D eigenvalue weighted by molar-refractivity contribution is 6.29. The van der Waals surface area contributed by atoms with Gasteiger partial charge in [0.05, 0.1) is 0 Å². The van der Waals surface area contributed by atoms with Crippen molar-refractivity contribution < 1.29 is 4.42 Å². The molecule has 0 aromatic carbocycles. The van der Waals surface area contributed by atoms with Crippen molar-refractivity contribution in [1.82, 2.24) is 4.98 Å². The topological polar surface area (TPSA) is 26.0 Å². The van der Waals surface area contributed by atoms with E-state index < -0.39 is 0 Å². The molecule has 1 aromatic rings. The highest BCUT2D eigenvalue weighted by Crippen LogP contribution is 2.35. The molecule has 0 N–H and O–H groups in total. The highest BCUT2D eigenvalue weighted by atomic mass is 35.5. The molecule has 0 bridgehead atoms. The van der Waals surface area contributed by atoms with Crippen LogP contribution in [0.25, 0.3) is 0 Å². The first-order valence-corrected chi connectivity index (χ1v) is 7.61. The molecule has 0 aliphatic rings. The predicted octanol–water partition coefficient (Wildman–Crippen LogP) is 5.75. The van der Waals surface area contributed by atoms with Crippen molar-refractivity contribution in [2.45, 2.75) is 77.6 Å². The third kappa shape index (κ3) is 4.64. The molecule has 0 saturated heterocycles. The maximum Gasteiger partial charge on any atom is 0.201 e. The summed E-state index contributed by atoms with van der Waals surface area (Å²) >= 11 is 5.88. The number of oxazole rings is 1. The Balaban J connectivity index is 2.62. The smallest absolute Gasteiger partial charge is 0.201 e. The summed E-state index contributed by atoms with van der Waals surface area (Å²) in [6.07, 6.45) is 11.4. The Labute approximate surface area is 116 Å². The third-order valence-electron chi connectivity index (χ3n) is 3.66. The Morgan fingerprint density at radius 1 is 1.11 bits per heavy atom. The Morgan fingerprint density at radius 2 is 1.78 bits per heavy atom. The Hall–Kier alpha value is -0.500. The minimum atomic E-state index is 0.0525. The summed E-state index contributed by atoms with van der Waals surface area (Å²) in [5.41, 5.74) is 0.0525. The average Bonchev–Trinajstić information content (AvgIpc) is 2.80. The number of hydrogen-bond acceptors (Lipinski definition) is 2. The lowest BCUT2D eigenvalue weighted by Gasteiger charge is -2.26. The maximum atomic E-state index is 5.88. The van der Waals surface area contributed by atoms with Crippen LogP contribution in [0.3, 0.4) is 0 Å². The molecule has 0 amide bonds. The zero-order chi connectivity index (χ0) is 13.4. The van der Waals surface area contributed by atoms with E-state index in [1.165, 1.54) is 38.5 Å². The van der Waals surface area contributed by atoms with Gasteiger partial charge in [-0.05, 0) is 12.8 Å². The molecule has 104 valence electrons. The SMILES string of the molecule is CCCCCCC(C)(CCCC)c1nc(Cl)co1. The molecule has 2 nitrogen and oxygen atoms in total. The van der Waals surface area contributed by atoms with Gasteiger partial charge in [-0.2, -0.15) is 0 Å². The molecule has 18 heavy (non-hydrogen) atoms. The van der Waals surface area contributed by atoms with Crippen molar-refractivity contribution >= 4 is 11.6 Å². The minimum Gasteiger partial charge on any atom is -0.447 e. The Kier molecular flexibility index (Phi) is 6.77. The fourth-order valence-electron chi connectivity index (χ4n) is 2.38. The monoisotopic (exact) mass is 271 g/mol. The van der Waals surface area contributed by atoms with Gasteiger partial charge in [0.2, 0.25) is 5.89 Å². The summed E-state index contributed by atoms with van der Waals surface area (Å²) in [7, 11) is 0. The number of aromatic nitrogens is 1. The second kappa shape index (κ2) is 7.83. The molecule has 1 aromatic heterocycles. The predicted molar refractivity (Wildman–Crippen MR) is 77.1 cm³/mol. The lowest BCUT2D eigenvalue weighted by atomic mass is 9.80. The van der Waals surface area contributed by atoms with Crippen molar-refractivity contribution in [2.75, 3.05) is 0 Å². The van der Waals surface area contributed by atoms with Crippen LogP contribution in [0.5, 0.6) is 0 Å². The zero-order valence-corrected chi connectivity index (χ0v) is 12.7. The highest BCUT2D eigenvalue weighted by Gasteiger charge is 2.30. The zero-order valence-electron chi connectivity index (χ0n) is 12.0. The van der Waals surface area contributed by atoms with E-state index in [-0.39, 0.29) is 5.41 Å². The summed E-state index contributed by atoms with van der Waals surface area (Å²) in [6, 6.07) is 0. The van der Waals surface area contributed by atoms with Gasteiger partial charge in [0.1, 0.15) is 6.26 Å². The molecule has 3 heteroatoms. The van der Waals surface area contributed by atoms with Crippen LogP contribution in [0.15, 0.2) is 10.7 Å². The minimum absolute atomic E-state index is 0.0525. The quantitative estimate of drug-likeness (QED) is 0.535. The fourth-order valence-corrected chi connectivity index (χ4v) is 2.50. The number of rotatable bonds is 9. The van der Waals surface area contributed by atoms with Crippen molar-refractivity contribution in [3.63, 3.8) is 0 Å². The van der Waals surface area contributed by atoms with Crippen LogP contribution in [0.2, 0.25) is 5.15 Å². The van der Waals surface area contributed by atoms with Crippen molar-refractivity contribution in [3.05, 3.63) is 17.3 Å². The van der Waals surface area contributed by atoms with Crippen molar-refractivity contribution in [1.29, 1.82) is 0 Å². The van der Waals surface area contributed by atoms with Crippen LogP contribution in [0.1, 0.15) is 78.0 Å².